The summed E-state index contributed by atoms with van der Waals surface area (Å²) >= 11 is 1.82. The van der Waals surface area contributed by atoms with Crippen LogP contribution in [0.5, 0.6) is 0 Å². The average Bonchev–Trinajstić information content (AvgIpc) is 3.76. The summed E-state index contributed by atoms with van der Waals surface area (Å²) in [5.74, 6) is 0.132. The van der Waals surface area contributed by atoms with E-state index >= 15 is 0 Å². The van der Waals surface area contributed by atoms with E-state index in [4.69, 9.17) is 4.74 Å². The van der Waals surface area contributed by atoms with Crippen molar-refractivity contribution in [2.75, 3.05) is 5.32 Å². The SMILES string of the molecule is CCCCCCCCCCCc1cc(-c2ccc(Nc3ccccc3C3CC(CC)CC3O)cc2)sc1-c1ccc(/C=C(\C#N)C(=O)OC(C)(C)C)cc1. The van der Waals surface area contributed by atoms with E-state index in [1.54, 1.807) is 26.8 Å². The van der Waals surface area contributed by atoms with Crippen LogP contribution in [-0.2, 0) is 16.0 Å². The minimum Gasteiger partial charge on any atom is -0.456 e. The van der Waals surface area contributed by atoms with Crippen LogP contribution in [0.1, 0.15) is 134 Å². The minimum absolute atomic E-state index is 0.00942. The first-order valence-electron chi connectivity index (χ1n) is 20.3. The number of aliphatic hydroxyl groups is 1. The third-order valence-electron chi connectivity index (χ3n) is 10.6. The molecule has 0 amide bonds. The number of para-hydroxylation sites is 1. The van der Waals surface area contributed by atoms with Gasteiger partial charge in [-0.05, 0) is 111 Å². The molecule has 0 aliphatic heterocycles. The van der Waals surface area contributed by atoms with Gasteiger partial charge in [0.15, 0.2) is 0 Å². The molecule has 3 unspecified atom stereocenters. The number of esters is 1. The zero-order valence-corrected chi connectivity index (χ0v) is 33.9. The fraction of sp³-hybridized carbons (Fsp3) is 0.458. The Labute approximate surface area is 328 Å². The number of nitrogens with one attached hydrogen (secondary N) is 1. The van der Waals surface area contributed by atoms with E-state index in [0.29, 0.717) is 5.92 Å². The molecule has 0 radical (unpaired) electrons. The summed E-state index contributed by atoms with van der Waals surface area (Å²) in [7, 11) is 0. The highest BCUT2D eigenvalue weighted by Gasteiger charge is 2.34. The number of carbonyl (C=O) groups is 1. The van der Waals surface area contributed by atoms with E-state index in [2.05, 4.69) is 85.9 Å². The van der Waals surface area contributed by atoms with Gasteiger partial charge < -0.3 is 15.2 Å². The lowest BCUT2D eigenvalue weighted by molar-refractivity contribution is -0.149. The highest BCUT2D eigenvalue weighted by atomic mass is 32.1. The van der Waals surface area contributed by atoms with Crippen LogP contribution >= 0.6 is 11.3 Å². The van der Waals surface area contributed by atoms with Crippen LogP contribution in [-0.4, -0.2) is 22.8 Å². The summed E-state index contributed by atoms with van der Waals surface area (Å²) in [6.07, 6.45) is 17.1. The predicted molar refractivity (Wildman–Crippen MR) is 227 cm³/mol. The van der Waals surface area contributed by atoms with Crippen molar-refractivity contribution in [1.82, 2.24) is 0 Å². The van der Waals surface area contributed by atoms with Gasteiger partial charge in [0.05, 0.1) is 6.10 Å². The van der Waals surface area contributed by atoms with Crippen molar-refractivity contribution in [2.24, 2.45) is 5.92 Å². The second kappa shape index (κ2) is 19.9. The Morgan fingerprint density at radius 2 is 1.54 bits per heavy atom. The lowest BCUT2D eigenvalue weighted by Crippen LogP contribution is -2.24. The monoisotopic (exact) mass is 744 g/mol. The molecule has 5 nitrogen and oxygen atoms in total. The highest BCUT2D eigenvalue weighted by molar-refractivity contribution is 7.19. The number of unbranched alkanes of at least 4 members (excludes halogenated alkanes) is 8. The average molecular weight is 745 g/mol. The summed E-state index contributed by atoms with van der Waals surface area (Å²) in [6, 6.07) is 29.7. The Hall–Kier alpha value is -4.18. The van der Waals surface area contributed by atoms with Crippen LogP contribution in [0.25, 0.3) is 27.0 Å². The number of nitriles is 1. The van der Waals surface area contributed by atoms with Gasteiger partial charge in [0.1, 0.15) is 17.2 Å². The topological polar surface area (TPSA) is 82.4 Å². The normalized spacial score (nSPS) is 17.4. The number of nitrogens with zero attached hydrogens (tertiary/aromatic N) is 1. The van der Waals surface area contributed by atoms with Gasteiger partial charge in [0, 0.05) is 27.0 Å². The molecule has 0 spiro atoms. The second-order valence-electron chi connectivity index (χ2n) is 16.0. The van der Waals surface area contributed by atoms with Crippen molar-refractivity contribution in [2.45, 2.75) is 136 Å². The van der Waals surface area contributed by atoms with Crippen molar-refractivity contribution in [3.8, 4) is 27.0 Å². The molecule has 3 aromatic carbocycles. The number of hydrogen-bond donors (Lipinski definition) is 2. The van der Waals surface area contributed by atoms with Crippen LogP contribution in [0, 0.1) is 17.2 Å². The lowest BCUT2D eigenvalue weighted by Gasteiger charge is -2.20. The van der Waals surface area contributed by atoms with Gasteiger partial charge in [-0.25, -0.2) is 4.79 Å². The molecule has 4 aromatic rings. The third kappa shape index (κ3) is 11.7. The Kier molecular flexibility index (Phi) is 15.1. The maximum atomic E-state index is 12.6. The van der Waals surface area contributed by atoms with E-state index in [1.807, 2.05) is 29.5 Å². The summed E-state index contributed by atoms with van der Waals surface area (Å²) < 4.78 is 5.43. The van der Waals surface area contributed by atoms with E-state index < -0.39 is 11.6 Å². The van der Waals surface area contributed by atoms with Crippen molar-refractivity contribution in [3.63, 3.8) is 0 Å². The number of carbonyl (C=O) groups excluding carboxylic acids is 1. The van der Waals surface area contributed by atoms with E-state index in [0.717, 1.165) is 54.6 Å². The van der Waals surface area contributed by atoms with Crippen LogP contribution < -0.4 is 5.32 Å². The zero-order valence-electron chi connectivity index (χ0n) is 33.1. The first kappa shape index (κ1) is 41.0. The van der Waals surface area contributed by atoms with Crippen molar-refractivity contribution >= 4 is 34.8 Å². The van der Waals surface area contributed by atoms with E-state index in [1.165, 1.54) is 77.8 Å². The van der Waals surface area contributed by atoms with Gasteiger partial charge in [-0.1, -0.05) is 126 Å². The molecule has 1 heterocycles. The van der Waals surface area contributed by atoms with Crippen LogP contribution in [0.2, 0.25) is 0 Å². The molecule has 1 aliphatic rings. The quantitative estimate of drug-likeness (QED) is 0.0459. The number of thiophene rings is 1. The molecule has 1 aliphatic carbocycles. The Balaban J connectivity index is 1.33. The zero-order chi connectivity index (χ0) is 38.5. The van der Waals surface area contributed by atoms with Crippen molar-refractivity contribution in [1.29, 1.82) is 5.26 Å². The molecule has 5 rings (SSSR count). The summed E-state index contributed by atoms with van der Waals surface area (Å²) in [5.41, 5.74) is 7.10. The van der Waals surface area contributed by atoms with Gasteiger partial charge >= 0.3 is 5.97 Å². The molecule has 0 saturated heterocycles. The first-order valence-corrected chi connectivity index (χ1v) is 21.1. The smallest absolute Gasteiger partial charge is 0.349 e. The standard InChI is InChI=1S/C48H60N2O3S/c1-6-8-9-10-11-12-13-14-15-18-38-32-45(54-46(38)37-23-21-35(22-24-37)29-39(33-49)47(52)53-48(3,4)5)36-25-27-40(28-26-36)50-43-20-17-16-19-41(43)42-30-34(7-2)31-44(42)51/h16-17,19-29,32,34,42,44,50-51H,6-15,18,30-31H2,1-5H3/b39-29+. The molecule has 54 heavy (non-hydrogen) atoms. The Morgan fingerprint density at radius 1 is 0.889 bits per heavy atom. The number of anilines is 2. The van der Waals surface area contributed by atoms with Gasteiger partial charge in [0.2, 0.25) is 0 Å². The maximum Gasteiger partial charge on any atom is 0.349 e. The van der Waals surface area contributed by atoms with Gasteiger partial charge in [0.25, 0.3) is 0 Å². The Morgan fingerprint density at radius 3 is 2.17 bits per heavy atom. The fourth-order valence-electron chi connectivity index (χ4n) is 7.59. The molecule has 286 valence electrons. The Bertz CT molecular complexity index is 1860. The molecule has 2 N–H and O–H groups in total. The molecule has 6 heteroatoms. The number of aryl methyl sites for hydroxylation is 1. The molecule has 1 aromatic heterocycles. The van der Waals surface area contributed by atoms with E-state index in [9.17, 15) is 15.2 Å². The van der Waals surface area contributed by atoms with Gasteiger partial charge in [-0.3, -0.25) is 0 Å². The number of ether oxygens (including phenoxy) is 1. The van der Waals surface area contributed by atoms with Crippen LogP contribution in [0.4, 0.5) is 11.4 Å². The largest absolute Gasteiger partial charge is 0.456 e. The number of hydrogen-bond acceptors (Lipinski definition) is 6. The number of aliphatic hydroxyl groups excluding tert-OH is 1. The maximum absolute atomic E-state index is 12.6. The van der Waals surface area contributed by atoms with Gasteiger partial charge in [-0.2, -0.15) is 5.26 Å². The molecule has 1 saturated carbocycles. The highest BCUT2D eigenvalue weighted by Crippen LogP contribution is 2.43. The van der Waals surface area contributed by atoms with Crippen molar-refractivity contribution < 1.29 is 14.6 Å². The molecular weight excluding hydrogens is 685 g/mol. The molecular formula is C48H60N2O3S. The number of benzene rings is 3. The minimum atomic E-state index is -0.668. The van der Waals surface area contributed by atoms with E-state index in [-0.39, 0.29) is 17.6 Å². The number of rotatable bonds is 18. The first-order chi connectivity index (χ1) is 26.1. The van der Waals surface area contributed by atoms with Gasteiger partial charge in [-0.15, -0.1) is 11.3 Å². The lowest BCUT2D eigenvalue weighted by atomic mass is 9.93. The van der Waals surface area contributed by atoms with Crippen LogP contribution in [0.15, 0.2) is 84.4 Å². The summed E-state index contributed by atoms with van der Waals surface area (Å²) in [4.78, 5) is 15.1. The molecule has 3 atom stereocenters. The van der Waals surface area contributed by atoms with Crippen LogP contribution in [0.3, 0.4) is 0 Å². The summed E-state index contributed by atoms with van der Waals surface area (Å²) in [5, 5.41) is 24.2. The fourth-order valence-corrected chi connectivity index (χ4v) is 8.81. The predicted octanol–water partition coefficient (Wildman–Crippen LogP) is 13.4. The third-order valence-corrected chi connectivity index (χ3v) is 11.9. The second-order valence-corrected chi connectivity index (χ2v) is 17.1. The van der Waals surface area contributed by atoms with Crippen molar-refractivity contribution in [3.05, 3.63) is 101 Å². The molecule has 1 fully saturated rings. The summed E-state index contributed by atoms with van der Waals surface area (Å²) in [6.45, 7) is 9.88. The molecule has 0 bridgehead atoms.